The molecule has 0 bridgehead atoms. The van der Waals surface area contributed by atoms with Crippen LogP contribution in [0, 0.1) is 0 Å². The Balaban J connectivity index is 1.36. The van der Waals surface area contributed by atoms with Gasteiger partial charge in [-0.05, 0) is 46.2 Å². The average Bonchev–Trinajstić information content (AvgIpc) is 3.61. The molecule has 3 aromatic carbocycles. The van der Waals surface area contributed by atoms with Crippen LogP contribution in [0.3, 0.4) is 0 Å². The smallest absolute Gasteiger partial charge is 0.301 e. The van der Waals surface area contributed by atoms with Crippen LogP contribution < -0.4 is 14.4 Å². The Morgan fingerprint density at radius 1 is 0.976 bits per heavy atom. The Labute approximate surface area is 249 Å². The number of Topliss-reactive ketones (excluding diaryl/α,β-unsaturated/α-hetero) is 1. The van der Waals surface area contributed by atoms with Gasteiger partial charge in [0.05, 0.1) is 25.8 Å². The molecule has 1 amide bonds. The van der Waals surface area contributed by atoms with Gasteiger partial charge in [0, 0.05) is 23.7 Å². The number of hydrogen-bond donors (Lipinski definition) is 1. The van der Waals surface area contributed by atoms with E-state index in [-0.39, 0.29) is 16.5 Å². The number of anilines is 1. The predicted molar refractivity (Wildman–Crippen MR) is 162 cm³/mol. The second-order valence-electron chi connectivity index (χ2n) is 9.30. The third-order valence-corrected chi connectivity index (χ3v) is 9.04. The first-order valence-corrected chi connectivity index (χ1v) is 14.7. The Bertz CT molecular complexity index is 1830. The zero-order valence-electron chi connectivity index (χ0n) is 22.6. The van der Waals surface area contributed by atoms with Crippen LogP contribution in [0.15, 0.2) is 95.1 Å². The molecule has 11 heteroatoms. The Morgan fingerprint density at radius 3 is 2.57 bits per heavy atom. The molecule has 1 atom stereocenters. The van der Waals surface area contributed by atoms with Crippen molar-refractivity contribution in [1.82, 2.24) is 15.2 Å². The lowest BCUT2D eigenvalue weighted by Gasteiger charge is -2.22. The minimum Gasteiger partial charge on any atom is -0.507 e. The molecule has 1 unspecified atom stereocenters. The lowest BCUT2D eigenvalue weighted by molar-refractivity contribution is -0.132. The van der Waals surface area contributed by atoms with E-state index in [2.05, 4.69) is 39.4 Å². The standard InChI is InChI=1S/C31H24N4O5S2/c1-39-23-13-12-19(15-24(23)40-2)27(36)25-26(20-10-6-14-32-16-20)35(29(38)28(25)37)30-33-34-31(42-30)41-17-21-9-5-8-18-7-3-4-11-22(18)21/h3-16,26,36H,17H2,1-2H3/b27-25-. The highest BCUT2D eigenvalue weighted by Gasteiger charge is 2.48. The number of ether oxygens (including phenoxy) is 2. The van der Waals surface area contributed by atoms with Gasteiger partial charge in [-0.3, -0.25) is 19.5 Å². The van der Waals surface area contributed by atoms with Gasteiger partial charge in [0.1, 0.15) is 5.76 Å². The van der Waals surface area contributed by atoms with Gasteiger partial charge in [-0.2, -0.15) is 0 Å². The number of hydrogen-bond acceptors (Lipinski definition) is 10. The van der Waals surface area contributed by atoms with E-state index < -0.39 is 17.7 Å². The van der Waals surface area contributed by atoms with Crippen molar-refractivity contribution in [2.75, 3.05) is 19.1 Å². The number of aliphatic hydroxyl groups excluding tert-OH is 1. The highest BCUT2D eigenvalue weighted by atomic mass is 32.2. The van der Waals surface area contributed by atoms with Gasteiger partial charge in [0.15, 0.2) is 15.8 Å². The lowest BCUT2D eigenvalue weighted by Crippen LogP contribution is -2.29. The molecule has 1 aliphatic heterocycles. The molecule has 1 aliphatic rings. The highest BCUT2D eigenvalue weighted by molar-refractivity contribution is 8.00. The summed E-state index contributed by atoms with van der Waals surface area (Å²) in [5.41, 5.74) is 1.91. The summed E-state index contributed by atoms with van der Waals surface area (Å²) in [5.74, 6) is -0.517. The van der Waals surface area contributed by atoms with Crippen molar-refractivity contribution in [3.63, 3.8) is 0 Å². The molecule has 5 aromatic rings. The zero-order chi connectivity index (χ0) is 29.2. The number of benzene rings is 3. The van der Waals surface area contributed by atoms with Crippen molar-refractivity contribution < 1.29 is 24.2 Å². The largest absolute Gasteiger partial charge is 0.507 e. The summed E-state index contributed by atoms with van der Waals surface area (Å²) in [6, 6.07) is 21.6. The maximum Gasteiger partial charge on any atom is 0.301 e. The average molecular weight is 597 g/mol. The monoisotopic (exact) mass is 596 g/mol. The molecule has 2 aromatic heterocycles. The first-order valence-electron chi connectivity index (χ1n) is 12.9. The lowest BCUT2D eigenvalue weighted by atomic mass is 9.96. The third-order valence-electron chi connectivity index (χ3n) is 6.93. The number of rotatable bonds is 8. The van der Waals surface area contributed by atoms with Crippen LogP contribution in [0.2, 0.25) is 0 Å². The second-order valence-corrected chi connectivity index (χ2v) is 11.5. The molecule has 0 radical (unpaired) electrons. The van der Waals surface area contributed by atoms with Gasteiger partial charge in [0.2, 0.25) is 5.13 Å². The SMILES string of the molecule is COc1ccc(/C(O)=C2/C(=O)C(=O)N(c3nnc(SCc4cccc5ccccc45)s3)C2c2cccnc2)cc1OC. The molecule has 210 valence electrons. The number of carbonyl (C=O) groups is 2. The van der Waals surface area contributed by atoms with Crippen LogP contribution in [0.5, 0.6) is 11.5 Å². The Kier molecular flexibility index (Phi) is 7.60. The summed E-state index contributed by atoms with van der Waals surface area (Å²) in [4.78, 5) is 32.4. The molecule has 0 spiro atoms. The van der Waals surface area contributed by atoms with Crippen LogP contribution in [0.4, 0.5) is 5.13 Å². The maximum atomic E-state index is 13.5. The van der Waals surface area contributed by atoms with Crippen LogP contribution in [0.25, 0.3) is 16.5 Å². The molecule has 42 heavy (non-hydrogen) atoms. The number of nitrogens with zero attached hydrogens (tertiary/aromatic N) is 4. The zero-order valence-corrected chi connectivity index (χ0v) is 24.2. The fourth-order valence-corrected chi connectivity index (χ4v) is 6.81. The minimum absolute atomic E-state index is 0.0830. The summed E-state index contributed by atoms with van der Waals surface area (Å²) in [6.45, 7) is 0. The first kappa shape index (κ1) is 27.4. The molecule has 3 heterocycles. The van der Waals surface area contributed by atoms with Gasteiger partial charge in [-0.25, -0.2) is 0 Å². The molecular formula is C31H24N4O5S2. The molecule has 9 nitrogen and oxygen atoms in total. The first-order chi connectivity index (χ1) is 20.5. The summed E-state index contributed by atoms with van der Waals surface area (Å²) in [5, 5.41) is 22.6. The van der Waals surface area contributed by atoms with E-state index in [1.165, 1.54) is 42.2 Å². The Morgan fingerprint density at radius 2 is 1.79 bits per heavy atom. The van der Waals surface area contributed by atoms with Gasteiger partial charge in [-0.15, -0.1) is 10.2 Å². The van der Waals surface area contributed by atoms with Crippen LogP contribution >= 0.6 is 23.1 Å². The molecule has 1 saturated heterocycles. The predicted octanol–water partition coefficient (Wildman–Crippen LogP) is 6.02. The van der Waals surface area contributed by atoms with E-state index in [0.29, 0.717) is 32.7 Å². The van der Waals surface area contributed by atoms with Gasteiger partial charge < -0.3 is 14.6 Å². The summed E-state index contributed by atoms with van der Waals surface area (Å²) in [6.07, 6.45) is 3.15. The third kappa shape index (κ3) is 4.97. The number of methoxy groups -OCH3 is 2. The van der Waals surface area contributed by atoms with Crippen LogP contribution in [-0.4, -0.2) is 46.2 Å². The number of amides is 1. The van der Waals surface area contributed by atoms with E-state index in [4.69, 9.17) is 9.47 Å². The topological polar surface area (TPSA) is 115 Å². The van der Waals surface area contributed by atoms with Crippen LogP contribution in [-0.2, 0) is 15.3 Å². The maximum absolute atomic E-state index is 13.5. The number of thioether (sulfide) groups is 1. The van der Waals surface area contributed by atoms with Crippen molar-refractivity contribution in [2.24, 2.45) is 0 Å². The number of ketones is 1. The number of aliphatic hydroxyl groups is 1. The fourth-order valence-electron chi connectivity index (χ4n) is 4.94. The van der Waals surface area contributed by atoms with Crippen LogP contribution in [0.1, 0.15) is 22.7 Å². The molecule has 0 saturated carbocycles. The molecular weight excluding hydrogens is 572 g/mol. The van der Waals surface area contributed by atoms with Crippen molar-refractivity contribution in [3.8, 4) is 11.5 Å². The van der Waals surface area contributed by atoms with E-state index in [1.54, 1.807) is 42.7 Å². The number of fused-ring (bicyclic) bond motifs is 1. The van der Waals surface area contributed by atoms with Crippen molar-refractivity contribution in [1.29, 1.82) is 0 Å². The normalized spacial score (nSPS) is 16.2. The fraction of sp³-hybridized carbons (Fsp3) is 0.129. The number of aromatic nitrogens is 3. The van der Waals surface area contributed by atoms with E-state index in [9.17, 15) is 14.7 Å². The minimum atomic E-state index is -0.962. The summed E-state index contributed by atoms with van der Waals surface area (Å²) in [7, 11) is 2.98. The molecule has 1 fully saturated rings. The van der Waals surface area contributed by atoms with Gasteiger partial charge in [-0.1, -0.05) is 71.6 Å². The molecule has 1 N–H and O–H groups in total. The molecule has 6 rings (SSSR count). The van der Waals surface area contributed by atoms with Gasteiger partial charge in [0.25, 0.3) is 5.78 Å². The van der Waals surface area contributed by atoms with Crippen molar-refractivity contribution >= 4 is 56.5 Å². The Hall–Kier alpha value is -4.74. The van der Waals surface area contributed by atoms with Gasteiger partial charge >= 0.3 is 5.91 Å². The van der Waals surface area contributed by atoms with Crippen molar-refractivity contribution in [2.45, 2.75) is 16.1 Å². The highest BCUT2D eigenvalue weighted by Crippen LogP contribution is 2.44. The van der Waals surface area contributed by atoms with Crippen molar-refractivity contribution in [3.05, 3.63) is 107 Å². The summed E-state index contributed by atoms with van der Waals surface area (Å²) >= 11 is 2.71. The number of pyridine rings is 1. The molecule has 0 aliphatic carbocycles. The van der Waals surface area contributed by atoms with E-state index in [0.717, 1.165) is 16.3 Å². The quantitative estimate of drug-likeness (QED) is 0.0755. The van der Waals surface area contributed by atoms with E-state index >= 15 is 0 Å². The number of carbonyl (C=O) groups excluding carboxylic acids is 2. The van der Waals surface area contributed by atoms with E-state index in [1.807, 2.05) is 18.2 Å². The summed E-state index contributed by atoms with van der Waals surface area (Å²) < 4.78 is 11.3. The second kappa shape index (κ2) is 11.6.